The molecule has 0 N–H and O–H groups in total. The van der Waals surface area contributed by atoms with Crippen molar-refractivity contribution in [1.29, 1.82) is 0 Å². The molecular weight excluding hydrogens is 293 g/mol. The van der Waals surface area contributed by atoms with Crippen LogP contribution in [0, 0.1) is 6.92 Å². The average molecular weight is 304 g/mol. The van der Waals surface area contributed by atoms with Crippen LogP contribution in [0.4, 0.5) is 0 Å². The fraction of sp³-hybridized carbons (Fsp3) is 0.0667. The van der Waals surface area contributed by atoms with Crippen LogP contribution in [0.3, 0.4) is 0 Å². The van der Waals surface area contributed by atoms with Crippen LogP contribution in [0.5, 0.6) is 0 Å². The number of aromatic nitrogens is 3. The number of para-hydroxylation sites is 1. The van der Waals surface area contributed by atoms with Gasteiger partial charge in [-0.25, -0.2) is 0 Å². The van der Waals surface area contributed by atoms with E-state index in [1.807, 2.05) is 41.8 Å². The van der Waals surface area contributed by atoms with Crippen molar-refractivity contribution >= 4 is 23.2 Å². The largest absolute Gasteiger partial charge is 0.281 e. The topological polar surface area (TPSA) is 30.7 Å². The molecule has 5 heteroatoms. The molecule has 0 radical (unpaired) electrons. The van der Waals surface area contributed by atoms with Crippen molar-refractivity contribution in [3.63, 3.8) is 0 Å². The van der Waals surface area contributed by atoms with Crippen molar-refractivity contribution in [3.8, 4) is 17.1 Å². The van der Waals surface area contributed by atoms with Gasteiger partial charge in [0.1, 0.15) is 6.33 Å². The first-order chi connectivity index (χ1) is 9.66. The van der Waals surface area contributed by atoms with Crippen molar-refractivity contribution in [2.24, 2.45) is 0 Å². The molecule has 3 nitrogen and oxygen atoms in total. The summed E-state index contributed by atoms with van der Waals surface area (Å²) in [5.74, 6) is 0.695. The molecule has 0 spiro atoms. The highest BCUT2D eigenvalue weighted by molar-refractivity contribution is 6.36. The first-order valence-electron chi connectivity index (χ1n) is 6.08. The van der Waals surface area contributed by atoms with E-state index in [9.17, 15) is 0 Å². The summed E-state index contributed by atoms with van der Waals surface area (Å²) in [4.78, 5) is 0. The zero-order chi connectivity index (χ0) is 14.1. The third kappa shape index (κ3) is 2.30. The van der Waals surface area contributed by atoms with Crippen LogP contribution in [0.1, 0.15) is 5.56 Å². The second-order valence-corrected chi connectivity index (χ2v) is 5.28. The highest BCUT2D eigenvalue weighted by Crippen LogP contribution is 2.30. The number of benzene rings is 2. The van der Waals surface area contributed by atoms with Gasteiger partial charge in [0, 0.05) is 10.6 Å². The number of nitrogens with zero attached hydrogens (tertiary/aromatic N) is 3. The Morgan fingerprint density at radius 3 is 2.60 bits per heavy atom. The van der Waals surface area contributed by atoms with Gasteiger partial charge in [0.25, 0.3) is 0 Å². The van der Waals surface area contributed by atoms with E-state index in [4.69, 9.17) is 23.2 Å². The van der Waals surface area contributed by atoms with Crippen molar-refractivity contribution in [3.05, 3.63) is 64.4 Å². The summed E-state index contributed by atoms with van der Waals surface area (Å²) >= 11 is 12.2. The van der Waals surface area contributed by atoms with E-state index in [0.717, 1.165) is 16.8 Å². The molecule has 0 fully saturated rings. The fourth-order valence-corrected chi connectivity index (χ4v) is 2.59. The van der Waals surface area contributed by atoms with Gasteiger partial charge in [-0.15, -0.1) is 10.2 Å². The van der Waals surface area contributed by atoms with E-state index in [1.54, 1.807) is 18.5 Å². The molecule has 0 unspecified atom stereocenters. The Morgan fingerprint density at radius 2 is 1.85 bits per heavy atom. The predicted octanol–water partition coefficient (Wildman–Crippen LogP) is 4.55. The maximum atomic E-state index is 6.25. The lowest BCUT2D eigenvalue weighted by molar-refractivity contribution is 1.05. The van der Waals surface area contributed by atoms with Gasteiger partial charge in [-0.05, 0) is 36.8 Å². The standard InChI is InChI=1S/C15H11Cl2N3/c1-10-4-2-3-5-14(10)20-9-18-19-15(20)12-7-6-11(16)8-13(12)17/h2-9H,1H3. The molecule has 1 aromatic heterocycles. The highest BCUT2D eigenvalue weighted by Gasteiger charge is 2.13. The van der Waals surface area contributed by atoms with Gasteiger partial charge < -0.3 is 0 Å². The molecule has 0 bridgehead atoms. The summed E-state index contributed by atoms with van der Waals surface area (Å²) < 4.78 is 1.92. The second-order valence-electron chi connectivity index (χ2n) is 4.44. The summed E-state index contributed by atoms with van der Waals surface area (Å²) in [6.07, 6.45) is 1.68. The first-order valence-corrected chi connectivity index (χ1v) is 6.84. The van der Waals surface area contributed by atoms with E-state index in [-0.39, 0.29) is 0 Å². The van der Waals surface area contributed by atoms with Crippen LogP contribution in [-0.4, -0.2) is 14.8 Å². The van der Waals surface area contributed by atoms with Crippen molar-refractivity contribution in [2.45, 2.75) is 6.92 Å². The van der Waals surface area contributed by atoms with Crippen LogP contribution < -0.4 is 0 Å². The predicted molar refractivity (Wildman–Crippen MR) is 81.6 cm³/mol. The number of aryl methyl sites for hydroxylation is 1. The first kappa shape index (κ1) is 13.2. The minimum absolute atomic E-state index is 0.556. The number of rotatable bonds is 2. The Morgan fingerprint density at radius 1 is 1.05 bits per heavy atom. The smallest absolute Gasteiger partial charge is 0.169 e. The molecule has 1 heterocycles. The normalized spacial score (nSPS) is 10.8. The van der Waals surface area contributed by atoms with Crippen LogP contribution in [0.2, 0.25) is 10.0 Å². The summed E-state index contributed by atoms with van der Waals surface area (Å²) in [6, 6.07) is 13.4. The zero-order valence-electron chi connectivity index (χ0n) is 10.7. The van der Waals surface area contributed by atoms with E-state index in [2.05, 4.69) is 10.2 Å². The lowest BCUT2D eigenvalue weighted by Gasteiger charge is -2.10. The summed E-state index contributed by atoms with van der Waals surface area (Å²) in [5, 5.41) is 9.33. The van der Waals surface area contributed by atoms with Gasteiger partial charge in [0.15, 0.2) is 5.82 Å². The molecule has 0 atom stereocenters. The van der Waals surface area contributed by atoms with Gasteiger partial charge in [0.05, 0.1) is 10.7 Å². The molecule has 3 rings (SSSR count). The Bertz CT molecular complexity index is 765. The lowest BCUT2D eigenvalue weighted by atomic mass is 10.1. The minimum atomic E-state index is 0.556. The van der Waals surface area contributed by atoms with E-state index < -0.39 is 0 Å². The maximum absolute atomic E-state index is 6.25. The minimum Gasteiger partial charge on any atom is -0.281 e. The van der Waals surface area contributed by atoms with Gasteiger partial charge in [0.2, 0.25) is 0 Å². The number of hydrogen-bond donors (Lipinski definition) is 0. The zero-order valence-corrected chi connectivity index (χ0v) is 12.2. The Hall–Kier alpha value is -1.84. The Kier molecular flexibility index (Phi) is 3.47. The Balaban J connectivity index is 2.18. The molecule has 100 valence electrons. The summed E-state index contributed by atoms with van der Waals surface area (Å²) in [6.45, 7) is 2.04. The molecule has 0 aliphatic heterocycles. The highest BCUT2D eigenvalue weighted by atomic mass is 35.5. The molecule has 0 aliphatic carbocycles. The molecule has 0 saturated heterocycles. The molecule has 0 amide bonds. The van der Waals surface area contributed by atoms with Crippen molar-refractivity contribution in [1.82, 2.24) is 14.8 Å². The van der Waals surface area contributed by atoms with Crippen LogP contribution in [-0.2, 0) is 0 Å². The van der Waals surface area contributed by atoms with E-state index >= 15 is 0 Å². The van der Waals surface area contributed by atoms with Crippen LogP contribution >= 0.6 is 23.2 Å². The molecule has 3 aromatic rings. The van der Waals surface area contributed by atoms with Gasteiger partial charge in [-0.1, -0.05) is 41.4 Å². The average Bonchev–Trinajstić information content (AvgIpc) is 2.88. The van der Waals surface area contributed by atoms with Crippen LogP contribution in [0.15, 0.2) is 48.8 Å². The number of halogens is 2. The summed E-state index contributed by atoms with van der Waals surface area (Å²) in [5.41, 5.74) is 2.97. The number of hydrogen-bond acceptors (Lipinski definition) is 2. The SMILES string of the molecule is Cc1ccccc1-n1cnnc1-c1ccc(Cl)cc1Cl. The van der Waals surface area contributed by atoms with E-state index in [0.29, 0.717) is 15.9 Å². The van der Waals surface area contributed by atoms with Gasteiger partial charge in [-0.3, -0.25) is 4.57 Å². The third-order valence-electron chi connectivity index (χ3n) is 3.09. The lowest BCUT2D eigenvalue weighted by Crippen LogP contribution is -1.98. The molecule has 20 heavy (non-hydrogen) atoms. The maximum Gasteiger partial charge on any atom is 0.169 e. The Labute approximate surface area is 126 Å². The van der Waals surface area contributed by atoms with Gasteiger partial charge >= 0.3 is 0 Å². The molecular formula is C15H11Cl2N3. The summed E-state index contributed by atoms with van der Waals surface area (Å²) in [7, 11) is 0. The quantitative estimate of drug-likeness (QED) is 0.695. The van der Waals surface area contributed by atoms with Crippen LogP contribution in [0.25, 0.3) is 17.1 Å². The fourth-order valence-electron chi connectivity index (χ4n) is 2.10. The van der Waals surface area contributed by atoms with Crippen molar-refractivity contribution in [2.75, 3.05) is 0 Å². The second kappa shape index (κ2) is 5.27. The molecule has 0 aliphatic rings. The van der Waals surface area contributed by atoms with Gasteiger partial charge in [-0.2, -0.15) is 0 Å². The molecule has 0 saturated carbocycles. The molecule has 2 aromatic carbocycles. The van der Waals surface area contributed by atoms with Crippen molar-refractivity contribution < 1.29 is 0 Å². The monoisotopic (exact) mass is 303 g/mol. The third-order valence-corrected chi connectivity index (χ3v) is 3.64. The van der Waals surface area contributed by atoms with E-state index in [1.165, 1.54) is 0 Å².